The molecule has 0 bridgehead atoms. The molecule has 1 aromatic rings. The Morgan fingerprint density at radius 1 is 1.64 bits per heavy atom. The van der Waals surface area contributed by atoms with Crippen molar-refractivity contribution < 1.29 is 5.11 Å². The lowest BCUT2D eigenvalue weighted by Crippen LogP contribution is -2.19. The maximum Gasteiger partial charge on any atom is 0.153 e. The number of aryl methyl sites for hydroxylation is 1. The molecule has 0 fully saturated rings. The van der Waals surface area contributed by atoms with E-state index in [2.05, 4.69) is 4.98 Å². The second-order valence-corrected chi connectivity index (χ2v) is 3.41. The summed E-state index contributed by atoms with van der Waals surface area (Å²) in [6.07, 6.45) is 1.58. The highest BCUT2D eigenvalue weighted by molar-refractivity contribution is 6.30. The van der Waals surface area contributed by atoms with Crippen LogP contribution in [0.5, 0.6) is 0 Å². The van der Waals surface area contributed by atoms with E-state index in [1.807, 2.05) is 0 Å². The fraction of sp³-hybridized carbons (Fsp3) is 0.571. The van der Waals surface area contributed by atoms with Gasteiger partial charge in [-0.2, -0.15) is 0 Å². The number of hydrogen-bond donors (Lipinski definition) is 1. The van der Waals surface area contributed by atoms with Gasteiger partial charge in [0.15, 0.2) is 5.15 Å². The zero-order chi connectivity index (χ0) is 8.65. The van der Waals surface area contributed by atoms with Crippen molar-refractivity contribution in [2.45, 2.75) is 19.4 Å². The van der Waals surface area contributed by atoms with Crippen LogP contribution in [0.25, 0.3) is 0 Å². The van der Waals surface area contributed by atoms with Crippen LogP contribution in [-0.2, 0) is 12.6 Å². The van der Waals surface area contributed by atoms with Gasteiger partial charge in [-0.05, 0) is 13.8 Å². The molecule has 1 rings (SSSR count). The van der Waals surface area contributed by atoms with Crippen LogP contribution < -0.4 is 0 Å². The van der Waals surface area contributed by atoms with Crippen molar-refractivity contribution in [3.8, 4) is 0 Å². The summed E-state index contributed by atoms with van der Waals surface area (Å²) in [5.74, 6) is 0. The Balaban J connectivity index is 3.21. The Bertz CT molecular complexity index is 242. The number of nitrogens with zero attached hydrogens (tertiary/aromatic N) is 2. The van der Waals surface area contributed by atoms with Crippen molar-refractivity contribution in [2.24, 2.45) is 7.05 Å². The van der Waals surface area contributed by atoms with E-state index in [-0.39, 0.29) is 0 Å². The van der Waals surface area contributed by atoms with Crippen molar-refractivity contribution in [1.29, 1.82) is 0 Å². The van der Waals surface area contributed by atoms with Gasteiger partial charge in [-0.1, -0.05) is 11.6 Å². The van der Waals surface area contributed by atoms with E-state index in [1.165, 1.54) is 0 Å². The van der Waals surface area contributed by atoms with E-state index in [9.17, 15) is 5.11 Å². The zero-order valence-electron chi connectivity index (χ0n) is 6.80. The van der Waals surface area contributed by atoms with Gasteiger partial charge in [0.2, 0.25) is 0 Å². The van der Waals surface area contributed by atoms with Crippen LogP contribution in [0.4, 0.5) is 0 Å². The topological polar surface area (TPSA) is 38.0 Å². The third-order valence-corrected chi connectivity index (χ3v) is 1.75. The van der Waals surface area contributed by atoms with Crippen molar-refractivity contribution in [3.63, 3.8) is 0 Å². The van der Waals surface area contributed by atoms with Crippen molar-refractivity contribution in [1.82, 2.24) is 9.55 Å². The third kappa shape index (κ3) is 1.54. The van der Waals surface area contributed by atoms with Gasteiger partial charge in [-0.15, -0.1) is 0 Å². The highest BCUT2D eigenvalue weighted by Gasteiger charge is 2.23. The molecule has 3 nitrogen and oxygen atoms in total. The summed E-state index contributed by atoms with van der Waals surface area (Å²) in [6.45, 7) is 3.35. The number of imidazole rings is 1. The van der Waals surface area contributed by atoms with Crippen LogP contribution in [0, 0.1) is 0 Å². The molecule has 0 aromatic carbocycles. The number of aliphatic hydroxyl groups is 1. The molecular weight excluding hydrogens is 164 g/mol. The first-order valence-electron chi connectivity index (χ1n) is 3.32. The second kappa shape index (κ2) is 2.50. The predicted octanol–water partition coefficient (Wildman–Crippen LogP) is 1.30. The molecule has 0 aliphatic carbocycles. The Labute approximate surface area is 70.6 Å². The fourth-order valence-corrected chi connectivity index (χ4v) is 1.49. The molecule has 1 aromatic heterocycles. The molecule has 0 amide bonds. The van der Waals surface area contributed by atoms with E-state index in [4.69, 9.17) is 11.6 Å². The molecule has 1 N–H and O–H groups in total. The zero-order valence-corrected chi connectivity index (χ0v) is 7.55. The van der Waals surface area contributed by atoms with Gasteiger partial charge in [0.25, 0.3) is 0 Å². The molecule has 62 valence electrons. The van der Waals surface area contributed by atoms with Gasteiger partial charge in [0, 0.05) is 7.05 Å². The van der Waals surface area contributed by atoms with Gasteiger partial charge in [-0.25, -0.2) is 4.98 Å². The fourth-order valence-electron chi connectivity index (χ4n) is 1.09. The largest absolute Gasteiger partial charge is 0.384 e. The van der Waals surface area contributed by atoms with E-state index in [1.54, 1.807) is 31.8 Å². The normalized spacial score (nSPS) is 12.1. The number of aromatic nitrogens is 2. The Hall–Kier alpha value is -0.540. The first-order chi connectivity index (χ1) is 4.93. The molecule has 0 saturated carbocycles. The quantitative estimate of drug-likeness (QED) is 0.697. The minimum absolute atomic E-state index is 0.361. The molecule has 0 aliphatic heterocycles. The second-order valence-electron chi connectivity index (χ2n) is 3.05. The first kappa shape index (κ1) is 8.56. The molecule has 1 heterocycles. The number of hydrogen-bond acceptors (Lipinski definition) is 2. The average molecular weight is 175 g/mol. The van der Waals surface area contributed by atoms with E-state index >= 15 is 0 Å². The first-order valence-corrected chi connectivity index (χ1v) is 3.70. The summed E-state index contributed by atoms with van der Waals surface area (Å²) in [6, 6.07) is 0. The SMILES string of the molecule is Cn1cnc(Cl)c1C(C)(C)O. The smallest absolute Gasteiger partial charge is 0.153 e. The van der Waals surface area contributed by atoms with Crippen LogP contribution in [0.1, 0.15) is 19.5 Å². The summed E-state index contributed by atoms with van der Waals surface area (Å²) >= 11 is 5.74. The standard InChI is InChI=1S/C7H11ClN2O/c1-7(2,11)5-6(8)9-4-10(5)3/h4,11H,1-3H3. The van der Waals surface area contributed by atoms with Gasteiger partial charge in [-0.3, -0.25) is 0 Å². The minimum Gasteiger partial charge on any atom is -0.384 e. The Morgan fingerprint density at radius 2 is 2.18 bits per heavy atom. The number of halogens is 1. The van der Waals surface area contributed by atoms with Gasteiger partial charge >= 0.3 is 0 Å². The van der Waals surface area contributed by atoms with Crippen LogP contribution in [0.3, 0.4) is 0 Å². The monoisotopic (exact) mass is 174 g/mol. The molecular formula is C7H11ClN2O. The van der Waals surface area contributed by atoms with Crippen LogP contribution >= 0.6 is 11.6 Å². The highest BCUT2D eigenvalue weighted by atomic mass is 35.5. The third-order valence-electron chi connectivity index (χ3n) is 1.47. The van der Waals surface area contributed by atoms with Crippen molar-refractivity contribution >= 4 is 11.6 Å². The average Bonchev–Trinajstić information content (AvgIpc) is 2.08. The van der Waals surface area contributed by atoms with Crippen LogP contribution in [-0.4, -0.2) is 14.7 Å². The molecule has 4 heteroatoms. The number of rotatable bonds is 1. The Morgan fingerprint density at radius 3 is 2.36 bits per heavy atom. The summed E-state index contributed by atoms with van der Waals surface area (Å²) < 4.78 is 1.71. The minimum atomic E-state index is -0.928. The van der Waals surface area contributed by atoms with Gasteiger partial charge < -0.3 is 9.67 Å². The van der Waals surface area contributed by atoms with E-state index in [0.717, 1.165) is 0 Å². The van der Waals surface area contributed by atoms with Crippen LogP contribution in [0.2, 0.25) is 5.15 Å². The maximum atomic E-state index is 9.59. The lowest BCUT2D eigenvalue weighted by molar-refractivity contribution is 0.0708. The van der Waals surface area contributed by atoms with Gasteiger partial charge in [0.05, 0.1) is 12.0 Å². The van der Waals surface area contributed by atoms with Crippen LogP contribution in [0.15, 0.2) is 6.33 Å². The molecule has 0 spiro atoms. The lowest BCUT2D eigenvalue weighted by Gasteiger charge is -2.17. The summed E-state index contributed by atoms with van der Waals surface area (Å²) in [5, 5.41) is 9.96. The summed E-state index contributed by atoms with van der Waals surface area (Å²) in [4.78, 5) is 3.85. The molecule has 0 saturated heterocycles. The summed E-state index contributed by atoms with van der Waals surface area (Å²) in [5.41, 5.74) is -0.290. The molecule has 0 aliphatic rings. The van der Waals surface area contributed by atoms with E-state index in [0.29, 0.717) is 10.8 Å². The van der Waals surface area contributed by atoms with Crippen molar-refractivity contribution in [3.05, 3.63) is 17.2 Å². The predicted molar refractivity (Wildman–Crippen MR) is 43.5 cm³/mol. The molecule has 0 radical (unpaired) electrons. The Kier molecular flexibility index (Phi) is 1.94. The van der Waals surface area contributed by atoms with Gasteiger partial charge in [0.1, 0.15) is 5.60 Å². The maximum absolute atomic E-state index is 9.59. The molecule has 11 heavy (non-hydrogen) atoms. The van der Waals surface area contributed by atoms with Crippen molar-refractivity contribution in [2.75, 3.05) is 0 Å². The molecule has 0 unspecified atom stereocenters. The highest BCUT2D eigenvalue weighted by Crippen LogP contribution is 2.25. The molecule has 0 atom stereocenters. The van der Waals surface area contributed by atoms with E-state index < -0.39 is 5.60 Å². The lowest BCUT2D eigenvalue weighted by atomic mass is 10.1. The summed E-state index contributed by atoms with van der Waals surface area (Å²) in [7, 11) is 1.80.